The smallest absolute Gasteiger partial charge is 0.119 e. The third kappa shape index (κ3) is 10.3. The molecule has 0 bridgehead atoms. The highest BCUT2D eigenvalue weighted by Crippen LogP contribution is 2.43. The van der Waals surface area contributed by atoms with E-state index in [1.165, 1.54) is 5.56 Å². The first-order valence-corrected chi connectivity index (χ1v) is 13.4. The molecule has 0 aromatic heterocycles. The van der Waals surface area contributed by atoms with Crippen molar-refractivity contribution in [1.82, 2.24) is 0 Å². The van der Waals surface area contributed by atoms with Crippen LogP contribution in [0.2, 0.25) is 0 Å². The number of phenols is 1. The molecule has 0 amide bonds. The molecular formula is C34H45NO2. The van der Waals surface area contributed by atoms with Crippen molar-refractivity contribution in [3.63, 3.8) is 0 Å². The van der Waals surface area contributed by atoms with Gasteiger partial charge in [0, 0.05) is 0 Å². The molecule has 0 saturated carbocycles. The van der Waals surface area contributed by atoms with Crippen LogP contribution in [-0.2, 0) is 0 Å². The van der Waals surface area contributed by atoms with E-state index < -0.39 is 0 Å². The van der Waals surface area contributed by atoms with E-state index in [0.29, 0.717) is 22.6 Å². The molecule has 198 valence electrons. The highest BCUT2D eigenvalue weighted by atomic mass is 16.5. The first kappa shape index (κ1) is 30.0. The first-order chi connectivity index (χ1) is 17.3. The summed E-state index contributed by atoms with van der Waals surface area (Å²) in [5, 5.41) is 18.2. The van der Waals surface area contributed by atoms with Gasteiger partial charge in [-0.2, -0.15) is 5.26 Å². The van der Waals surface area contributed by atoms with Crippen LogP contribution in [0.3, 0.4) is 0 Å². The van der Waals surface area contributed by atoms with Gasteiger partial charge in [-0.3, -0.25) is 0 Å². The average Bonchev–Trinajstić information content (AvgIpc) is 2.83. The number of ether oxygens (including phenoxy) is 1. The molecule has 3 aromatic rings. The zero-order valence-electron chi connectivity index (χ0n) is 24.0. The van der Waals surface area contributed by atoms with Gasteiger partial charge in [-0.25, -0.2) is 0 Å². The molecule has 0 fully saturated rings. The zero-order chi connectivity index (χ0) is 27.6. The third-order valence-corrected chi connectivity index (χ3v) is 6.39. The molecule has 37 heavy (non-hydrogen) atoms. The Kier molecular flexibility index (Phi) is 10.8. The minimum Gasteiger partial charge on any atom is -0.508 e. The van der Waals surface area contributed by atoms with E-state index in [1.807, 2.05) is 36.4 Å². The molecule has 0 spiro atoms. The number of hydrogen-bond acceptors (Lipinski definition) is 3. The predicted molar refractivity (Wildman–Crippen MR) is 156 cm³/mol. The van der Waals surface area contributed by atoms with Crippen molar-refractivity contribution in [3.05, 3.63) is 83.9 Å². The standard InChI is InChI=1S/C18H19NO.C16H26O/c1-3-4-14(2)20-18-11-9-17(10-12-18)16-7-5-15(13-19)6-8-16;1-15(2,3)11-14(16(4,5)6)12-7-9-13(17)10-8-12/h5-12,14H,3-4H2,1-2H3;7-10,14,17H,11H2,1-6H3. The van der Waals surface area contributed by atoms with Gasteiger partial charge in [-0.15, -0.1) is 0 Å². The van der Waals surface area contributed by atoms with Crippen molar-refractivity contribution >= 4 is 0 Å². The van der Waals surface area contributed by atoms with Crippen molar-refractivity contribution in [2.45, 2.75) is 86.7 Å². The van der Waals surface area contributed by atoms with Crippen molar-refractivity contribution in [3.8, 4) is 28.7 Å². The highest BCUT2D eigenvalue weighted by molar-refractivity contribution is 5.64. The van der Waals surface area contributed by atoms with Crippen LogP contribution < -0.4 is 4.74 Å². The van der Waals surface area contributed by atoms with Crippen LogP contribution in [0.1, 0.15) is 91.7 Å². The molecule has 0 heterocycles. The van der Waals surface area contributed by atoms with E-state index >= 15 is 0 Å². The fourth-order valence-corrected chi connectivity index (χ4v) is 4.40. The first-order valence-electron chi connectivity index (χ1n) is 13.4. The summed E-state index contributed by atoms with van der Waals surface area (Å²) in [6, 6.07) is 25.5. The molecule has 3 nitrogen and oxygen atoms in total. The van der Waals surface area contributed by atoms with Gasteiger partial charge in [0.15, 0.2) is 0 Å². The lowest BCUT2D eigenvalue weighted by Crippen LogP contribution is -2.23. The van der Waals surface area contributed by atoms with Gasteiger partial charge in [0.2, 0.25) is 0 Å². The largest absolute Gasteiger partial charge is 0.508 e. The molecule has 0 saturated heterocycles. The predicted octanol–water partition coefficient (Wildman–Crippen LogP) is 9.75. The summed E-state index contributed by atoms with van der Waals surface area (Å²) in [4.78, 5) is 0. The van der Waals surface area contributed by atoms with Crippen LogP contribution in [-0.4, -0.2) is 11.2 Å². The molecule has 0 radical (unpaired) electrons. The van der Waals surface area contributed by atoms with E-state index in [0.717, 1.165) is 36.1 Å². The molecule has 3 heteroatoms. The summed E-state index contributed by atoms with van der Waals surface area (Å²) in [5.41, 5.74) is 4.80. The Bertz CT molecular complexity index is 1110. The zero-order valence-corrected chi connectivity index (χ0v) is 24.0. The SMILES string of the molecule is CC(C)(C)CC(c1ccc(O)cc1)C(C)(C)C.CCCC(C)Oc1ccc(-c2ccc(C#N)cc2)cc1. The van der Waals surface area contributed by atoms with E-state index in [9.17, 15) is 5.11 Å². The summed E-state index contributed by atoms with van der Waals surface area (Å²) in [6.45, 7) is 18.0. The number of hydrogen-bond donors (Lipinski definition) is 1. The second-order valence-corrected chi connectivity index (χ2v) is 12.2. The lowest BCUT2D eigenvalue weighted by molar-refractivity contribution is 0.210. The topological polar surface area (TPSA) is 53.2 Å². The fraction of sp³-hybridized carbons (Fsp3) is 0.441. The number of rotatable bonds is 7. The van der Waals surface area contributed by atoms with E-state index in [1.54, 1.807) is 12.1 Å². The van der Waals surface area contributed by atoms with Crippen LogP contribution in [0.15, 0.2) is 72.8 Å². The maximum absolute atomic E-state index is 9.37. The normalized spacial score (nSPS) is 13.1. The molecule has 1 N–H and O–H groups in total. The van der Waals surface area contributed by atoms with E-state index in [4.69, 9.17) is 10.00 Å². The minimum absolute atomic E-state index is 0.240. The monoisotopic (exact) mass is 499 g/mol. The average molecular weight is 500 g/mol. The molecule has 2 unspecified atom stereocenters. The summed E-state index contributed by atoms with van der Waals surface area (Å²) >= 11 is 0. The van der Waals surface area contributed by atoms with Crippen molar-refractivity contribution in [2.75, 3.05) is 0 Å². The van der Waals surface area contributed by atoms with Crippen LogP contribution in [0.5, 0.6) is 11.5 Å². The maximum Gasteiger partial charge on any atom is 0.119 e. The van der Waals surface area contributed by atoms with E-state index in [-0.39, 0.29) is 11.5 Å². The third-order valence-electron chi connectivity index (χ3n) is 6.39. The number of nitrogens with zero attached hydrogens (tertiary/aromatic N) is 1. The molecule has 0 aliphatic heterocycles. The van der Waals surface area contributed by atoms with Gasteiger partial charge in [0.1, 0.15) is 11.5 Å². The Hall–Kier alpha value is -3.25. The Morgan fingerprint density at radius 1 is 0.811 bits per heavy atom. The number of aromatic hydroxyl groups is 1. The van der Waals surface area contributed by atoms with Crippen LogP contribution in [0.25, 0.3) is 11.1 Å². The lowest BCUT2D eigenvalue weighted by Gasteiger charge is -2.36. The minimum atomic E-state index is 0.240. The van der Waals surface area contributed by atoms with Gasteiger partial charge in [-0.05, 0) is 89.6 Å². The summed E-state index contributed by atoms with van der Waals surface area (Å²) in [5.74, 6) is 1.77. The van der Waals surface area contributed by atoms with Gasteiger partial charge in [0.25, 0.3) is 0 Å². The number of phenolic OH excluding ortho intramolecular Hbond substituents is 1. The summed E-state index contributed by atoms with van der Waals surface area (Å²) < 4.78 is 5.84. The second kappa shape index (κ2) is 13.3. The Balaban J connectivity index is 0.000000264. The van der Waals surface area contributed by atoms with Crippen molar-refractivity contribution < 1.29 is 9.84 Å². The Morgan fingerprint density at radius 2 is 1.32 bits per heavy atom. The maximum atomic E-state index is 9.37. The van der Waals surface area contributed by atoms with Crippen molar-refractivity contribution in [2.24, 2.45) is 10.8 Å². The summed E-state index contributed by atoms with van der Waals surface area (Å²) in [7, 11) is 0. The second-order valence-electron chi connectivity index (χ2n) is 12.2. The highest BCUT2D eigenvalue weighted by Gasteiger charge is 2.30. The fourth-order valence-electron chi connectivity index (χ4n) is 4.40. The van der Waals surface area contributed by atoms with Gasteiger partial charge in [-0.1, -0.05) is 91.3 Å². The van der Waals surface area contributed by atoms with E-state index in [2.05, 4.69) is 85.7 Å². The molecule has 3 aromatic carbocycles. The quantitative estimate of drug-likeness (QED) is 0.352. The van der Waals surface area contributed by atoms with Gasteiger partial charge < -0.3 is 9.84 Å². The molecule has 0 aliphatic carbocycles. The van der Waals surface area contributed by atoms with Crippen LogP contribution in [0.4, 0.5) is 0 Å². The number of benzene rings is 3. The lowest BCUT2D eigenvalue weighted by atomic mass is 9.69. The van der Waals surface area contributed by atoms with Crippen LogP contribution >= 0.6 is 0 Å². The Morgan fingerprint density at radius 3 is 1.76 bits per heavy atom. The molecule has 3 rings (SSSR count). The molecule has 2 atom stereocenters. The number of nitriles is 1. The molecule has 0 aliphatic rings. The molecular weight excluding hydrogens is 454 g/mol. The Labute approximate surface area is 225 Å². The van der Waals surface area contributed by atoms with Crippen LogP contribution in [0, 0.1) is 22.2 Å². The van der Waals surface area contributed by atoms with Gasteiger partial charge in [0.05, 0.1) is 17.7 Å². The van der Waals surface area contributed by atoms with Crippen molar-refractivity contribution in [1.29, 1.82) is 5.26 Å². The summed E-state index contributed by atoms with van der Waals surface area (Å²) in [6.07, 6.45) is 3.60. The van der Waals surface area contributed by atoms with Gasteiger partial charge >= 0.3 is 0 Å².